The van der Waals surface area contributed by atoms with Gasteiger partial charge in [-0.15, -0.1) is 0 Å². The van der Waals surface area contributed by atoms with Gasteiger partial charge in [0.25, 0.3) is 5.91 Å². The van der Waals surface area contributed by atoms with Crippen molar-refractivity contribution >= 4 is 11.6 Å². The molecule has 2 heterocycles. The first-order valence-corrected chi connectivity index (χ1v) is 8.18. The molecule has 7 heteroatoms. The summed E-state index contributed by atoms with van der Waals surface area (Å²) in [6.07, 6.45) is 1.66. The van der Waals surface area contributed by atoms with Gasteiger partial charge in [0.1, 0.15) is 5.69 Å². The number of rotatable bonds is 4. The number of nitriles is 1. The highest BCUT2D eigenvalue weighted by Crippen LogP contribution is 2.20. The molecule has 0 radical (unpaired) electrons. The Morgan fingerprint density at radius 2 is 2.12 bits per heavy atom. The monoisotopic (exact) mass is 349 g/mol. The number of carbonyl (C=O) groups excluding carboxylic acids is 1. The van der Waals surface area contributed by atoms with Gasteiger partial charge in [0.15, 0.2) is 5.65 Å². The van der Waals surface area contributed by atoms with Crippen LogP contribution in [0, 0.1) is 11.3 Å². The van der Waals surface area contributed by atoms with Crippen molar-refractivity contribution in [3.05, 3.63) is 53.9 Å². The number of hydrogen-bond donors (Lipinski definition) is 2. The summed E-state index contributed by atoms with van der Waals surface area (Å²) in [7, 11) is 0. The van der Waals surface area contributed by atoms with E-state index in [1.54, 1.807) is 61.8 Å². The first kappa shape index (κ1) is 17.6. The summed E-state index contributed by atoms with van der Waals surface area (Å²) >= 11 is 0. The van der Waals surface area contributed by atoms with Crippen LogP contribution in [0.4, 0.5) is 0 Å². The molecule has 0 aliphatic rings. The number of benzene rings is 1. The number of nitrogens with one attached hydrogen (secondary N) is 1. The van der Waals surface area contributed by atoms with Gasteiger partial charge in [-0.3, -0.25) is 4.79 Å². The molecule has 2 N–H and O–H groups in total. The van der Waals surface area contributed by atoms with Crippen molar-refractivity contribution in [3.63, 3.8) is 0 Å². The molecule has 2 aromatic heterocycles. The van der Waals surface area contributed by atoms with Crippen LogP contribution >= 0.6 is 0 Å². The van der Waals surface area contributed by atoms with Crippen molar-refractivity contribution in [1.29, 1.82) is 5.26 Å². The number of carbonyl (C=O) groups is 1. The highest BCUT2D eigenvalue weighted by molar-refractivity contribution is 5.93. The normalized spacial score (nSPS) is 12.6. The fraction of sp³-hybridized carbons (Fsp3) is 0.263. The van der Waals surface area contributed by atoms with Crippen molar-refractivity contribution in [2.75, 3.05) is 0 Å². The predicted molar refractivity (Wildman–Crippen MR) is 96.4 cm³/mol. The van der Waals surface area contributed by atoms with E-state index in [-0.39, 0.29) is 11.6 Å². The van der Waals surface area contributed by atoms with E-state index in [9.17, 15) is 9.90 Å². The van der Waals surface area contributed by atoms with Gasteiger partial charge in [0.2, 0.25) is 0 Å². The van der Waals surface area contributed by atoms with E-state index in [2.05, 4.69) is 21.5 Å². The molecule has 132 valence electrons. The molecular weight excluding hydrogens is 330 g/mol. The Morgan fingerprint density at radius 1 is 1.35 bits per heavy atom. The van der Waals surface area contributed by atoms with Gasteiger partial charge in [-0.1, -0.05) is 12.1 Å². The predicted octanol–water partition coefficient (Wildman–Crippen LogP) is 2.16. The summed E-state index contributed by atoms with van der Waals surface area (Å²) in [4.78, 5) is 16.7. The van der Waals surface area contributed by atoms with Crippen LogP contribution < -0.4 is 5.32 Å². The molecule has 26 heavy (non-hydrogen) atoms. The number of fused-ring (bicyclic) bond motifs is 1. The third kappa shape index (κ3) is 3.55. The van der Waals surface area contributed by atoms with Gasteiger partial charge >= 0.3 is 0 Å². The van der Waals surface area contributed by atoms with Gasteiger partial charge < -0.3 is 10.4 Å². The molecule has 7 nitrogen and oxygen atoms in total. The second-order valence-corrected chi connectivity index (χ2v) is 6.69. The van der Waals surface area contributed by atoms with Crippen LogP contribution in [0.3, 0.4) is 0 Å². The zero-order valence-corrected chi connectivity index (χ0v) is 14.8. The van der Waals surface area contributed by atoms with Crippen LogP contribution in [-0.4, -0.2) is 37.3 Å². The third-order valence-corrected chi connectivity index (χ3v) is 4.25. The molecule has 3 rings (SSSR count). The van der Waals surface area contributed by atoms with Gasteiger partial charge in [0, 0.05) is 17.8 Å². The average Bonchev–Trinajstić information content (AvgIpc) is 3.04. The van der Waals surface area contributed by atoms with Crippen LogP contribution in [0.25, 0.3) is 16.9 Å². The Kier molecular flexibility index (Phi) is 4.45. The third-order valence-electron chi connectivity index (χ3n) is 4.25. The summed E-state index contributed by atoms with van der Waals surface area (Å²) in [6, 6.07) is 12.1. The van der Waals surface area contributed by atoms with E-state index in [0.717, 1.165) is 5.56 Å². The molecule has 0 unspecified atom stereocenters. The van der Waals surface area contributed by atoms with Crippen molar-refractivity contribution in [1.82, 2.24) is 19.9 Å². The van der Waals surface area contributed by atoms with Crippen LogP contribution in [0.1, 0.15) is 36.8 Å². The maximum atomic E-state index is 12.4. The smallest absolute Gasteiger partial charge is 0.270 e. The van der Waals surface area contributed by atoms with Gasteiger partial charge in [-0.25, -0.2) is 9.50 Å². The average molecular weight is 349 g/mol. The summed E-state index contributed by atoms with van der Waals surface area (Å²) < 4.78 is 1.57. The van der Waals surface area contributed by atoms with Gasteiger partial charge in [-0.05, 0) is 39.0 Å². The van der Waals surface area contributed by atoms with Crippen LogP contribution in [-0.2, 0) is 0 Å². The summed E-state index contributed by atoms with van der Waals surface area (Å²) in [6.45, 7) is 5.00. The zero-order chi connectivity index (χ0) is 18.9. The minimum absolute atomic E-state index is 0.242. The molecule has 0 fully saturated rings. The molecular formula is C19H19N5O2. The lowest BCUT2D eigenvalue weighted by Crippen LogP contribution is -2.47. The highest BCUT2D eigenvalue weighted by Gasteiger charge is 2.24. The van der Waals surface area contributed by atoms with E-state index < -0.39 is 11.6 Å². The Balaban J connectivity index is 1.90. The SMILES string of the molecule is C[C@H](NC(=O)c1ccn2nc(-c3cccc(C#N)c3)cc2n1)C(C)(C)O. The number of aromatic nitrogens is 3. The molecule has 0 saturated carbocycles. The molecule has 1 amide bonds. The van der Waals surface area contributed by atoms with Crippen LogP contribution in [0.2, 0.25) is 0 Å². The Morgan fingerprint density at radius 3 is 2.81 bits per heavy atom. The fourth-order valence-corrected chi connectivity index (χ4v) is 2.34. The molecule has 0 aliphatic heterocycles. The van der Waals surface area contributed by atoms with E-state index in [1.165, 1.54) is 0 Å². The maximum Gasteiger partial charge on any atom is 0.270 e. The van der Waals surface area contributed by atoms with Crippen molar-refractivity contribution in [3.8, 4) is 17.3 Å². The molecule has 1 atom stereocenters. The molecule has 0 spiro atoms. The Bertz CT molecular complexity index is 1010. The maximum absolute atomic E-state index is 12.4. The van der Waals surface area contributed by atoms with E-state index in [0.29, 0.717) is 16.9 Å². The minimum atomic E-state index is -1.03. The van der Waals surface area contributed by atoms with Gasteiger partial charge in [-0.2, -0.15) is 10.4 Å². The lowest BCUT2D eigenvalue weighted by atomic mass is 10.0. The molecule has 0 saturated heterocycles. The van der Waals surface area contributed by atoms with E-state index >= 15 is 0 Å². The lowest BCUT2D eigenvalue weighted by Gasteiger charge is -2.26. The molecule has 0 aliphatic carbocycles. The fourth-order valence-electron chi connectivity index (χ4n) is 2.34. The molecule has 1 aromatic carbocycles. The summed E-state index contributed by atoms with van der Waals surface area (Å²) in [5, 5.41) is 26.1. The van der Waals surface area contributed by atoms with E-state index in [4.69, 9.17) is 5.26 Å². The topological polar surface area (TPSA) is 103 Å². The molecule has 0 bridgehead atoms. The van der Waals surface area contributed by atoms with Crippen molar-refractivity contribution in [2.24, 2.45) is 0 Å². The summed E-state index contributed by atoms with van der Waals surface area (Å²) in [5.41, 5.74) is 1.74. The number of hydrogen-bond acceptors (Lipinski definition) is 5. The van der Waals surface area contributed by atoms with Crippen LogP contribution in [0.15, 0.2) is 42.6 Å². The minimum Gasteiger partial charge on any atom is -0.388 e. The van der Waals surface area contributed by atoms with Gasteiger partial charge in [0.05, 0.1) is 29.0 Å². The van der Waals surface area contributed by atoms with Crippen molar-refractivity contribution < 1.29 is 9.90 Å². The second-order valence-electron chi connectivity index (χ2n) is 6.69. The number of nitrogens with zero attached hydrogens (tertiary/aromatic N) is 4. The zero-order valence-electron chi connectivity index (χ0n) is 14.8. The van der Waals surface area contributed by atoms with E-state index in [1.807, 2.05) is 6.07 Å². The largest absolute Gasteiger partial charge is 0.388 e. The Labute approximate surface area is 150 Å². The van der Waals surface area contributed by atoms with Crippen molar-refractivity contribution in [2.45, 2.75) is 32.4 Å². The quantitative estimate of drug-likeness (QED) is 0.751. The summed E-state index contributed by atoms with van der Waals surface area (Å²) in [5.74, 6) is -0.364. The lowest BCUT2D eigenvalue weighted by molar-refractivity contribution is 0.0407. The second kappa shape index (κ2) is 6.58. The Hall–Kier alpha value is -3.24. The number of aliphatic hydroxyl groups is 1. The first-order chi connectivity index (χ1) is 12.3. The highest BCUT2D eigenvalue weighted by atomic mass is 16.3. The standard InChI is InChI=1S/C19H19N5O2/c1-12(19(2,3)26)21-18(25)15-7-8-24-17(22-15)10-16(23-24)14-6-4-5-13(9-14)11-20/h4-10,12,26H,1-3H3,(H,21,25)/t12-/m0/s1. The molecule has 3 aromatic rings. The first-order valence-electron chi connectivity index (χ1n) is 8.18. The van der Waals surface area contributed by atoms with Crippen LogP contribution in [0.5, 0.6) is 0 Å². The number of amides is 1.